The molecule has 0 amide bonds. The number of Topliss-reactive ketones (excluding diaryl/α,β-unsaturated/α-hetero) is 1. The first-order chi connectivity index (χ1) is 19.1. The summed E-state index contributed by atoms with van der Waals surface area (Å²) in [6, 6.07) is 25.9. The Morgan fingerprint density at radius 1 is 0.718 bits per heavy atom. The maximum Gasteiger partial charge on any atom is 0.147 e. The van der Waals surface area contributed by atoms with Gasteiger partial charge >= 0.3 is 0 Å². The summed E-state index contributed by atoms with van der Waals surface area (Å²) in [5, 5.41) is 0.678. The van der Waals surface area contributed by atoms with Crippen LogP contribution in [0.3, 0.4) is 0 Å². The van der Waals surface area contributed by atoms with Crippen LogP contribution < -0.4 is 9.80 Å². The van der Waals surface area contributed by atoms with Crippen molar-refractivity contribution in [2.75, 3.05) is 36.0 Å². The van der Waals surface area contributed by atoms with Crippen LogP contribution in [0.4, 0.5) is 11.5 Å². The van der Waals surface area contributed by atoms with Gasteiger partial charge in [-0.3, -0.25) is 14.8 Å². The monoisotopic (exact) mass is 533 g/mol. The number of rotatable bonds is 7. The van der Waals surface area contributed by atoms with Crippen LogP contribution in [0.15, 0.2) is 97.5 Å². The zero-order valence-electron chi connectivity index (χ0n) is 21.5. The Labute approximate surface area is 232 Å². The molecule has 0 saturated carbocycles. The van der Waals surface area contributed by atoms with E-state index in [1.807, 2.05) is 61.1 Å². The molecule has 2 aromatic heterocycles. The van der Waals surface area contributed by atoms with Crippen molar-refractivity contribution < 1.29 is 4.79 Å². The van der Waals surface area contributed by atoms with Crippen molar-refractivity contribution in [1.29, 1.82) is 0 Å². The fraction of sp³-hybridized carbons (Fsp3) is 0.188. The third-order valence-electron chi connectivity index (χ3n) is 7.16. The lowest BCUT2D eigenvalue weighted by Gasteiger charge is -2.36. The number of carbonyl (C=O) groups excluding carboxylic acids is 1. The molecular formula is C32H28ClN5O. The Hall–Kier alpha value is -4.29. The predicted molar refractivity (Wildman–Crippen MR) is 158 cm³/mol. The summed E-state index contributed by atoms with van der Waals surface area (Å²) in [6.45, 7) is 3.64. The quantitative estimate of drug-likeness (QED) is 0.255. The van der Waals surface area contributed by atoms with Gasteiger partial charge in [0.1, 0.15) is 11.6 Å². The van der Waals surface area contributed by atoms with Gasteiger partial charge in [-0.25, -0.2) is 4.98 Å². The van der Waals surface area contributed by atoms with Gasteiger partial charge in [-0.05, 0) is 58.7 Å². The molecule has 7 heteroatoms. The van der Waals surface area contributed by atoms with Gasteiger partial charge in [0.25, 0.3) is 0 Å². The van der Waals surface area contributed by atoms with E-state index in [1.165, 1.54) is 5.69 Å². The van der Waals surface area contributed by atoms with Crippen LogP contribution >= 0.6 is 11.6 Å². The minimum absolute atomic E-state index is 0.181. The van der Waals surface area contributed by atoms with E-state index in [1.54, 1.807) is 0 Å². The second kappa shape index (κ2) is 11.2. The summed E-state index contributed by atoms with van der Waals surface area (Å²) in [6.07, 6.45) is 6.36. The second-order valence-corrected chi connectivity index (χ2v) is 10.3. The minimum atomic E-state index is 0.181. The summed E-state index contributed by atoms with van der Waals surface area (Å²) >= 11 is 5.95. The third-order valence-corrected chi connectivity index (χ3v) is 7.42. The van der Waals surface area contributed by atoms with Crippen molar-refractivity contribution in [2.24, 2.45) is 0 Å². The number of piperazine rings is 1. The summed E-state index contributed by atoms with van der Waals surface area (Å²) in [4.78, 5) is 31.0. The fourth-order valence-electron chi connectivity index (χ4n) is 5.02. The van der Waals surface area contributed by atoms with Crippen LogP contribution in [0.2, 0.25) is 5.02 Å². The molecule has 6 nitrogen and oxygen atoms in total. The molecule has 0 unspecified atom stereocenters. The van der Waals surface area contributed by atoms with E-state index < -0.39 is 0 Å². The Morgan fingerprint density at radius 3 is 2.03 bits per heavy atom. The first-order valence-corrected chi connectivity index (χ1v) is 13.5. The average molecular weight is 534 g/mol. The van der Waals surface area contributed by atoms with Gasteiger partial charge in [0.2, 0.25) is 0 Å². The van der Waals surface area contributed by atoms with E-state index in [0.717, 1.165) is 65.3 Å². The van der Waals surface area contributed by atoms with E-state index in [2.05, 4.69) is 56.2 Å². The smallest absolute Gasteiger partial charge is 0.147 e. The highest BCUT2D eigenvalue weighted by Crippen LogP contribution is 2.26. The number of aromatic nitrogens is 3. The molecule has 194 valence electrons. The Bertz CT molecular complexity index is 1580. The van der Waals surface area contributed by atoms with Gasteiger partial charge in [0, 0.05) is 62.1 Å². The molecule has 0 N–H and O–H groups in total. The second-order valence-electron chi connectivity index (χ2n) is 9.83. The number of fused-ring (bicyclic) bond motifs is 1. The van der Waals surface area contributed by atoms with Gasteiger partial charge in [0.05, 0.1) is 17.2 Å². The lowest BCUT2D eigenvalue weighted by atomic mass is 9.99. The highest BCUT2D eigenvalue weighted by molar-refractivity contribution is 6.30. The number of hydrogen-bond acceptors (Lipinski definition) is 6. The van der Waals surface area contributed by atoms with Crippen LogP contribution in [0, 0.1) is 0 Å². The molecule has 1 fully saturated rings. The molecule has 3 heterocycles. The first kappa shape index (κ1) is 25.0. The summed E-state index contributed by atoms with van der Waals surface area (Å²) in [5.74, 6) is 1.09. The number of nitrogens with zero attached hydrogens (tertiary/aromatic N) is 5. The molecule has 0 atom stereocenters. The SMILES string of the molecule is O=C(Cc1ccc(Cl)cc1)Cc1ccc(-c2ccc3ncc(N4CCN(c5ccncc5)CC4)nc3c2)cc1. The molecule has 1 aliphatic heterocycles. The topological polar surface area (TPSA) is 62.2 Å². The predicted octanol–water partition coefficient (Wildman–Crippen LogP) is 6.03. The van der Waals surface area contributed by atoms with E-state index in [-0.39, 0.29) is 5.78 Å². The molecule has 3 aromatic carbocycles. The number of ketones is 1. The number of benzene rings is 3. The molecule has 5 aromatic rings. The summed E-state index contributed by atoms with van der Waals surface area (Å²) < 4.78 is 0. The molecule has 0 radical (unpaired) electrons. The van der Waals surface area contributed by atoms with Gasteiger partial charge in [-0.15, -0.1) is 0 Å². The number of halogens is 1. The van der Waals surface area contributed by atoms with E-state index in [0.29, 0.717) is 17.9 Å². The average Bonchev–Trinajstić information content (AvgIpc) is 2.99. The van der Waals surface area contributed by atoms with Crippen molar-refractivity contribution in [2.45, 2.75) is 12.8 Å². The van der Waals surface area contributed by atoms with Gasteiger partial charge < -0.3 is 9.80 Å². The largest absolute Gasteiger partial charge is 0.368 e. The lowest BCUT2D eigenvalue weighted by Crippen LogP contribution is -2.46. The number of carbonyl (C=O) groups is 1. The molecular weight excluding hydrogens is 506 g/mol. The number of anilines is 2. The number of pyridine rings is 1. The van der Waals surface area contributed by atoms with Gasteiger partial charge in [-0.2, -0.15) is 0 Å². The van der Waals surface area contributed by atoms with Crippen molar-refractivity contribution in [1.82, 2.24) is 15.0 Å². The van der Waals surface area contributed by atoms with Crippen molar-refractivity contribution in [3.63, 3.8) is 0 Å². The Morgan fingerprint density at radius 2 is 1.33 bits per heavy atom. The van der Waals surface area contributed by atoms with Crippen LogP contribution in [-0.4, -0.2) is 46.9 Å². The van der Waals surface area contributed by atoms with E-state index in [4.69, 9.17) is 16.6 Å². The van der Waals surface area contributed by atoms with Crippen LogP contribution in [0.1, 0.15) is 11.1 Å². The van der Waals surface area contributed by atoms with E-state index in [9.17, 15) is 4.79 Å². The molecule has 39 heavy (non-hydrogen) atoms. The summed E-state index contributed by atoms with van der Waals surface area (Å²) in [7, 11) is 0. The molecule has 0 bridgehead atoms. The number of hydrogen-bond donors (Lipinski definition) is 0. The molecule has 0 spiro atoms. The normalized spacial score (nSPS) is 13.6. The van der Waals surface area contributed by atoms with Crippen molar-refractivity contribution in [3.05, 3.63) is 114 Å². The van der Waals surface area contributed by atoms with Gasteiger partial charge in [-0.1, -0.05) is 54.1 Å². The third kappa shape index (κ3) is 5.91. The maximum absolute atomic E-state index is 12.6. The van der Waals surface area contributed by atoms with E-state index >= 15 is 0 Å². The zero-order valence-corrected chi connectivity index (χ0v) is 22.3. The first-order valence-electron chi connectivity index (χ1n) is 13.1. The fourth-order valence-corrected chi connectivity index (χ4v) is 5.14. The minimum Gasteiger partial charge on any atom is -0.368 e. The molecule has 1 aliphatic rings. The zero-order chi connectivity index (χ0) is 26.6. The Kier molecular flexibility index (Phi) is 7.19. The molecule has 6 rings (SSSR count). The molecule has 0 aliphatic carbocycles. The van der Waals surface area contributed by atoms with Crippen LogP contribution in [0.25, 0.3) is 22.2 Å². The van der Waals surface area contributed by atoms with Crippen LogP contribution in [0.5, 0.6) is 0 Å². The summed E-state index contributed by atoms with van der Waals surface area (Å²) in [5.41, 5.74) is 7.11. The lowest BCUT2D eigenvalue weighted by molar-refractivity contribution is -0.117. The Balaban J connectivity index is 1.12. The standard InChI is InChI=1S/C32H28ClN5O/c33-27-8-3-24(4-9-27)20-29(39)19-23-1-5-25(6-2-23)26-7-10-30-31(21-26)36-32(22-35-30)38-17-15-37(16-18-38)28-11-13-34-14-12-28/h1-14,21-22H,15-20H2. The highest BCUT2D eigenvalue weighted by atomic mass is 35.5. The van der Waals surface area contributed by atoms with Crippen LogP contribution in [-0.2, 0) is 17.6 Å². The molecule has 1 saturated heterocycles. The maximum atomic E-state index is 12.6. The van der Waals surface area contributed by atoms with Crippen molar-refractivity contribution in [3.8, 4) is 11.1 Å². The van der Waals surface area contributed by atoms with Crippen molar-refractivity contribution >= 4 is 39.9 Å². The highest BCUT2D eigenvalue weighted by Gasteiger charge is 2.19. The van der Waals surface area contributed by atoms with Gasteiger partial charge in [0.15, 0.2) is 0 Å².